The van der Waals surface area contributed by atoms with Gasteiger partial charge in [0.15, 0.2) is 0 Å². The number of rotatable bonds is 14. The largest absolute Gasteiger partial charge is 0.469 e. The Balaban J connectivity index is 2.14. The molecule has 3 atom stereocenters. The third kappa shape index (κ3) is 10.0. The Kier molecular flexibility index (Phi) is 12.7. The molecule has 1 aliphatic carbocycles. The zero-order valence-electron chi connectivity index (χ0n) is 16.0. The third-order valence-corrected chi connectivity index (χ3v) is 5.40. The second-order valence-electron chi connectivity index (χ2n) is 7.36. The van der Waals surface area contributed by atoms with Crippen LogP contribution in [0.2, 0.25) is 0 Å². The molecule has 0 aromatic rings. The first-order valence-electron chi connectivity index (χ1n) is 10.2. The van der Waals surface area contributed by atoms with E-state index in [1.54, 1.807) is 0 Å². The monoisotopic (exact) mass is 354 g/mol. The standard InChI is InChI=1S/C21H38O4/c1-25-21(24)14-10-6-5-9-13-19-18(15-16-20(19)23)12-8-4-2-3-7-11-17-22/h8,12,18-20,22-23H,2-7,9-11,13-17H2,1H3/t18-,19-,20+/m1/s1. The molecule has 1 saturated carbocycles. The predicted molar refractivity (Wildman–Crippen MR) is 101 cm³/mol. The molecular formula is C21H38O4. The maximum atomic E-state index is 11.1. The number of carbonyl (C=O) groups excluding carboxylic acids is 1. The topological polar surface area (TPSA) is 66.8 Å². The number of aliphatic hydroxyl groups excluding tert-OH is 2. The van der Waals surface area contributed by atoms with Crippen molar-refractivity contribution in [2.24, 2.45) is 11.8 Å². The van der Waals surface area contributed by atoms with Gasteiger partial charge in [0.2, 0.25) is 0 Å². The Bertz CT molecular complexity index is 367. The number of methoxy groups -OCH3 is 1. The van der Waals surface area contributed by atoms with Crippen LogP contribution < -0.4 is 0 Å². The van der Waals surface area contributed by atoms with E-state index < -0.39 is 0 Å². The van der Waals surface area contributed by atoms with Gasteiger partial charge in [0.25, 0.3) is 0 Å². The first kappa shape index (κ1) is 22.2. The summed E-state index contributed by atoms with van der Waals surface area (Å²) in [6.07, 6.45) is 17.9. The SMILES string of the molecule is COC(=O)CCCCCC[C@@H]1[C@H](C=CCCCCCCO)CC[C@@H]1O. The molecule has 1 fully saturated rings. The number of ether oxygens (including phenoxy) is 1. The van der Waals surface area contributed by atoms with E-state index in [0.717, 1.165) is 64.2 Å². The van der Waals surface area contributed by atoms with Crippen LogP contribution in [0, 0.1) is 11.8 Å². The summed E-state index contributed by atoms with van der Waals surface area (Å²) >= 11 is 0. The van der Waals surface area contributed by atoms with Crippen molar-refractivity contribution in [1.82, 2.24) is 0 Å². The molecule has 4 heteroatoms. The predicted octanol–water partition coefficient (Wildman–Crippen LogP) is 4.39. The van der Waals surface area contributed by atoms with Gasteiger partial charge < -0.3 is 14.9 Å². The van der Waals surface area contributed by atoms with Crippen molar-refractivity contribution in [2.75, 3.05) is 13.7 Å². The fraction of sp³-hybridized carbons (Fsp3) is 0.857. The molecule has 0 aliphatic heterocycles. The van der Waals surface area contributed by atoms with Gasteiger partial charge >= 0.3 is 5.97 Å². The van der Waals surface area contributed by atoms with Crippen LogP contribution in [-0.2, 0) is 9.53 Å². The highest BCUT2D eigenvalue weighted by Gasteiger charge is 2.32. The second kappa shape index (κ2) is 14.3. The normalized spacial score (nSPS) is 23.4. The molecule has 0 aromatic heterocycles. The van der Waals surface area contributed by atoms with Crippen molar-refractivity contribution >= 4 is 5.97 Å². The van der Waals surface area contributed by atoms with Gasteiger partial charge in [-0.1, -0.05) is 44.3 Å². The van der Waals surface area contributed by atoms with Crippen molar-refractivity contribution in [2.45, 2.75) is 89.6 Å². The van der Waals surface area contributed by atoms with E-state index in [4.69, 9.17) is 5.11 Å². The lowest BCUT2D eigenvalue weighted by atomic mass is 9.88. The summed E-state index contributed by atoms with van der Waals surface area (Å²) in [5.41, 5.74) is 0. The molecule has 146 valence electrons. The van der Waals surface area contributed by atoms with Gasteiger partial charge in [0.05, 0.1) is 13.2 Å². The van der Waals surface area contributed by atoms with Gasteiger partial charge in [-0.2, -0.15) is 0 Å². The Morgan fingerprint density at radius 2 is 1.76 bits per heavy atom. The molecule has 4 nitrogen and oxygen atoms in total. The van der Waals surface area contributed by atoms with Gasteiger partial charge in [0.1, 0.15) is 0 Å². The quantitative estimate of drug-likeness (QED) is 0.276. The molecule has 0 amide bonds. The van der Waals surface area contributed by atoms with Crippen LogP contribution in [0.15, 0.2) is 12.2 Å². The highest BCUT2D eigenvalue weighted by molar-refractivity contribution is 5.68. The maximum Gasteiger partial charge on any atom is 0.305 e. The number of unbranched alkanes of at least 4 members (excludes halogenated alkanes) is 7. The van der Waals surface area contributed by atoms with Gasteiger partial charge in [-0.3, -0.25) is 4.79 Å². The minimum atomic E-state index is -0.144. The zero-order valence-corrected chi connectivity index (χ0v) is 16.0. The number of esters is 1. The Labute approximate surface area is 153 Å². The summed E-state index contributed by atoms with van der Waals surface area (Å²) in [5, 5.41) is 19.0. The smallest absolute Gasteiger partial charge is 0.305 e. The Morgan fingerprint density at radius 3 is 2.52 bits per heavy atom. The highest BCUT2D eigenvalue weighted by atomic mass is 16.5. The van der Waals surface area contributed by atoms with Crippen molar-refractivity contribution in [3.63, 3.8) is 0 Å². The number of hydrogen-bond acceptors (Lipinski definition) is 4. The highest BCUT2D eigenvalue weighted by Crippen LogP contribution is 2.36. The van der Waals surface area contributed by atoms with Crippen molar-refractivity contribution in [3.8, 4) is 0 Å². The van der Waals surface area contributed by atoms with Crippen LogP contribution in [0.1, 0.15) is 83.5 Å². The van der Waals surface area contributed by atoms with E-state index in [1.807, 2.05) is 0 Å². The fourth-order valence-electron chi connectivity index (χ4n) is 3.83. The van der Waals surface area contributed by atoms with Gasteiger partial charge in [0, 0.05) is 13.0 Å². The summed E-state index contributed by atoms with van der Waals surface area (Å²) in [6.45, 7) is 0.306. The summed E-state index contributed by atoms with van der Waals surface area (Å²) in [6, 6.07) is 0. The molecule has 0 radical (unpaired) electrons. The number of allylic oxidation sites excluding steroid dienone is 2. The van der Waals surface area contributed by atoms with Crippen molar-refractivity contribution < 1.29 is 19.7 Å². The number of hydrogen-bond donors (Lipinski definition) is 2. The summed E-state index contributed by atoms with van der Waals surface area (Å²) in [5.74, 6) is 0.821. The fourth-order valence-corrected chi connectivity index (χ4v) is 3.83. The molecule has 25 heavy (non-hydrogen) atoms. The Hall–Kier alpha value is -0.870. The van der Waals surface area contributed by atoms with Crippen LogP contribution in [0.5, 0.6) is 0 Å². The van der Waals surface area contributed by atoms with E-state index in [-0.39, 0.29) is 12.1 Å². The Morgan fingerprint density at radius 1 is 1.04 bits per heavy atom. The first-order valence-corrected chi connectivity index (χ1v) is 10.2. The molecule has 1 rings (SSSR count). The summed E-state index contributed by atoms with van der Waals surface area (Å²) in [4.78, 5) is 11.1. The van der Waals surface area contributed by atoms with Gasteiger partial charge in [-0.05, 0) is 56.8 Å². The van der Waals surface area contributed by atoms with E-state index in [0.29, 0.717) is 24.9 Å². The minimum absolute atomic E-state index is 0.118. The number of aliphatic hydroxyl groups is 2. The zero-order chi connectivity index (χ0) is 18.3. The molecule has 2 N–H and O–H groups in total. The molecule has 0 unspecified atom stereocenters. The van der Waals surface area contributed by atoms with E-state index in [9.17, 15) is 9.90 Å². The van der Waals surface area contributed by atoms with Crippen molar-refractivity contribution in [1.29, 1.82) is 0 Å². The van der Waals surface area contributed by atoms with Crippen LogP contribution in [-0.4, -0.2) is 36.0 Å². The maximum absolute atomic E-state index is 11.1. The minimum Gasteiger partial charge on any atom is -0.469 e. The average Bonchev–Trinajstić information content (AvgIpc) is 2.97. The van der Waals surface area contributed by atoms with Crippen LogP contribution in [0.4, 0.5) is 0 Å². The van der Waals surface area contributed by atoms with Crippen molar-refractivity contribution in [3.05, 3.63) is 12.2 Å². The lowest BCUT2D eigenvalue weighted by Crippen LogP contribution is -2.18. The lowest BCUT2D eigenvalue weighted by Gasteiger charge is -2.19. The second-order valence-corrected chi connectivity index (χ2v) is 7.36. The molecule has 0 heterocycles. The van der Waals surface area contributed by atoms with E-state index in [1.165, 1.54) is 20.0 Å². The summed E-state index contributed by atoms with van der Waals surface area (Å²) in [7, 11) is 1.44. The average molecular weight is 355 g/mol. The van der Waals surface area contributed by atoms with Crippen LogP contribution in [0.3, 0.4) is 0 Å². The van der Waals surface area contributed by atoms with E-state index >= 15 is 0 Å². The summed E-state index contributed by atoms with van der Waals surface area (Å²) < 4.78 is 4.65. The molecule has 0 bridgehead atoms. The van der Waals surface area contributed by atoms with Crippen LogP contribution >= 0.6 is 0 Å². The molecule has 0 spiro atoms. The molecule has 0 aromatic carbocycles. The van der Waals surface area contributed by atoms with Gasteiger partial charge in [-0.15, -0.1) is 0 Å². The van der Waals surface area contributed by atoms with Gasteiger partial charge in [-0.25, -0.2) is 0 Å². The third-order valence-electron chi connectivity index (χ3n) is 5.40. The molecular weight excluding hydrogens is 316 g/mol. The lowest BCUT2D eigenvalue weighted by molar-refractivity contribution is -0.140. The molecule has 0 saturated heterocycles. The molecule has 1 aliphatic rings. The van der Waals surface area contributed by atoms with E-state index in [2.05, 4.69) is 16.9 Å². The van der Waals surface area contributed by atoms with Crippen LogP contribution in [0.25, 0.3) is 0 Å². The first-order chi connectivity index (χ1) is 12.2. The number of carbonyl (C=O) groups is 1.